The summed E-state index contributed by atoms with van der Waals surface area (Å²) in [7, 11) is 0. The van der Waals surface area contributed by atoms with Gasteiger partial charge in [-0.2, -0.15) is 0 Å². The lowest BCUT2D eigenvalue weighted by Crippen LogP contribution is -2.28. The predicted octanol–water partition coefficient (Wildman–Crippen LogP) is 3.02. The fourth-order valence-corrected chi connectivity index (χ4v) is 4.24. The van der Waals surface area contributed by atoms with Gasteiger partial charge in [-0.15, -0.1) is 11.3 Å². The number of pyridine rings is 1. The highest BCUT2D eigenvalue weighted by Crippen LogP contribution is 2.31. The van der Waals surface area contributed by atoms with E-state index in [1.54, 1.807) is 23.7 Å². The number of nitrogens with two attached hydrogens (primary N) is 1. The van der Waals surface area contributed by atoms with Gasteiger partial charge in [0.05, 0.1) is 10.8 Å². The molecule has 0 aliphatic heterocycles. The molecule has 0 amide bonds. The van der Waals surface area contributed by atoms with Gasteiger partial charge < -0.3 is 16.0 Å². The van der Waals surface area contributed by atoms with E-state index >= 15 is 0 Å². The summed E-state index contributed by atoms with van der Waals surface area (Å²) in [5, 5.41) is 4.84. The number of fused-ring (bicyclic) bond motifs is 2. The summed E-state index contributed by atoms with van der Waals surface area (Å²) in [5.41, 5.74) is 7.81. The van der Waals surface area contributed by atoms with Crippen molar-refractivity contribution in [3.63, 3.8) is 0 Å². The summed E-state index contributed by atoms with van der Waals surface area (Å²) in [6.45, 7) is 8.53. The number of nitrogens with zero attached hydrogens (tertiary/aromatic N) is 2. The second-order valence-electron chi connectivity index (χ2n) is 5.94. The zero-order valence-corrected chi connectivity index (χ0v) is 15.5. The van der Waals surface area contributed by atoms with Crippen molar-refractivity contribution >= 4 is 37.2 Å². The third-order valence-corrected chi connectivity index (χ3v) is 5.81. The van der Waals surface area contributed by atoms with Crippen LogP contribution in [0.3, 0.4) is 0 Å². The van der Waals surface area contributed by atoms with Gasteiger partial charge in [-0.3, -0.25) is 9.78 Å². The minimum atomic E-state index is 0.0255. The Morgan fingerprint density at radius 2 is 2.04 bits per heavy atom. The van der Waals surface area contributed by atoms with Gasteiger partial charge in [0.25, 0.3) is 0 Å². The molecule has 25 heavy (non-hydrogen) atoms. The van der Waals surface area contributed by atoms with Gasteiger partial charge in [0.15, 0.2) is 5.43 Å². The monoisotopic (exact) mass is 356 g/mol. The van der Waals surface area contributed by atoms with E-state index in [1.807, 2.05) is 18.2 Å². The fraction of sp³-hybridized carbons (Fsp3) is 0.368. The molecule has 3 N–H and O–H groups in total. The summed E-state index contributed by atoms with van der Waals surface area (Å²) in [4.78, 5) is 19.5. The maximum atomic E-state index is 13.1. The minimum absolute atomic E-state index is 0.0255. The molecule has 0 saturated carbocycles. The van der Waals surface area contributed by atoms with E-state index in [4.69, 9.17) is 5.73 Å². The van der Waals surface area contributed by atoms with Crippen LogP contribution in [0.15, 0.2) is 35.4 Å². The highest BCUT2D eigenvalue weighted by molar-refractivity contribution is 7.24. The number of anilines is 1. The molecular weight excluding hydrogens is 332 g/mol. The largest absolute Gasteiger partial charge is 0.383 e. The van der Waals surface area contributed by atoms with E-state index < -0.39 is 0 Å². The van der Waals surface area contributed by atoms with Crippen molar-refractivity contribution in [2.24, 2.45) is 5.73 Å². The van der Waals surface area contributed by atoms with Gasteiger partial charge in [0.1, 0.15) is 0 Å². The standard InChI is InChI=1S/C19H24N4OS/c1-3-23(4-2)10-9-22-15-6-5-13(11-20)19-17(15)18(24)14-12-21-8-7-16(14)25-19/h5-8,12,22H,3-4,9-11,20H2,1-2H3. The molecule has 0 aliphatic rings. The number of hydrogen-bond acceptors (Lipinski definition) is 6. The molecule has 2 aromatic heterocycles. The maximum absolute atomic E-state index is 13.1. The second kappa shape index (κ2) is 7.91. The molecule has 0 saturated heterocycles. The van der Waals surface area contributed by atoms with E-state index in [0.717, 1.165) is 52.2 Å². The molecule has 6 heteroatoms. The molecule has 0 fully saturated rings. The van der Waals surface area contributed by atoms with Crippen LogP contribution in [-0.4, -0.2) is 36.1 Å². The highest BCUT2D eigenvalue weighted by Gasteiger charge is 2.13. The van der Waals surface area contributed by atoms with Crippen molar-refractivity contribution in [1.29, 1.82) is 0 Å². The Hall–Kier alpha value is -2.02. The van der Waals surface area contributed by atoms with Crippen molar-refractivity contribution < 1.29 is 0 Å². The molecule has 3 aromatic rings. The van der Waals surface area contributed by atoms with E-state index in [2.05, 4.69) is 29.0 Å². The first kappa shape index (κ1) is 17.8. The topological polar surface area (TPSA) is 71.2 Å². The first-order valence-electron chi connectivity index (χ1n) is 8.68. The summed E-state index contributed by atoms with van der Waals surface area (Å²) >= 11 is 1.61. The van der Waals surface area contributed by atoms with Crippen LogP contribution in [0.2, 0.25) is 0 Å². The maximum Gasteiger partial charge on any atom is 0.199 e. The quantitative estimate of drug-likeness (QED) is 0.637. The van der Waals surface area contributed by atoms with Gasteiger partial charge in [0.2, 0.25) is 0 Å². The minimum Gasteiger partial charge on any atom is -0.383 e. The molecule has 0 bridgehead atoms. The molecule has 3 rings (SSSR count). The molecule has 5 nitrogen and oxygen atoms in total. The number of nitrogens with one attached hydrogen (secondary N) is 1. The number of aromatic nitrogens is 1. The van der Waals surface area contributed by atoms with E-state index in [9.17, 15) is 4.79 Å². The van der Waals surface area contributed by atoms with Gasteiger partial charge in [-0.1, -0.05) is 19.9 Å². The van der Waals surface area contributed by atoms with Gasteiger partial charge in [-0.05, 0) is 30.8 Å². The summed E-state index contributed by atoms with van der Waals surface area (Å²) < 4.78 is 1.92. The molecule has 0 spiro atoms. The van der Waals surface area contributed by atoms with E-state index in [0.29, 0.717) is 11.9 Å². The van der Waals surface area contributed by atoms with E-state index in [-0.39, 0.29) is 5.43 Å². The number of likely N-dealkylation sites (N-methyl/N-ethyl adjacent to an activating group) is 1. The van der Waals surface area contributed by atoms with Crippen molar-refractivity contribution in [3.05, 3.63) is 46.4 Å². The number of rotatable bonds is 7. The lowest BCUT2D eigenvalue weighted by Gasteiger charge is -2.19. The zero-order chi connectivity index (χ0) is 17.8. The average Bonchev–Trinajstić information content (AvgIpc) is 2.65. The Labute approximate surface area is 151 Å². The second-order valence-corrected chi connectivity index (χ2v) is 6.99. The van der Waals surface area contributed by atoms with Crippen LogP contribution in [-0.2, 0) is 6.54 Å². The Balaban J connectivity index is 2.07. The first-order chi connectivity index (χ1) is 12.2. The van der Waals surface area contributed by atoms with Crippen LogP contribution in [0.1, 0.15) is 19.4 Å². The Morgan fingerprint density at radius 3 is 2.76 bits per heavy atom. The molecule has 132 valence electrons. The summed E-state index contributed by atoms with van der Waals surface area (Å²) in [6.07, 6.45) is 3.38. The average molecular weight is 356 g/mol. The van der Waals surface area contributed by atoms with Crippen molar-refractivity contribution in [3.8, 4) is 0 Å². The van der Waals surface area contributed by atoms with Crippen LogP contribution in [0.25, 0.3) is 20.2 Å². The third-order valence-electron chi connectivity index (χ3n) is 4.56. The molecular formula is C19H24N4OS. The van der Waals surface area contributed by atoms with Crippen LogP contribution in [0.5, 0.6) is 0 Å². The lowest BCUT2D eigenvalue weighted by molar-refractivity contribution is 0.316. The molecule has 0 radical (unpaired) electrons. The SMILES string of the molecule is CCN(CC)CCNc1ccc(CN)c2sc3ccncc3c(=O)c12. The molecule has 0 unspecified atom stereocenters. The summed E-state index contributed by atoms with van der Waals surface area (Å²) in [6, 6.07) is 5.88. The summed E-state index contributed by atoms with van der Waals surface area (Å²) in [5.74, 6) is 0. The smallest absolute Gasteiger partial charge is 0.199 e. The number of benzene rings is 1. The van der Waals surface area contributed by atoms with Gasteiger partial charge in [-0.25, -0.2) is 0 Å². The Kier molecular flexibility index (Phi) is 5.63. The van der Waals surface area contributed by atoms with Crippen molar-refractivity contribution in [1.82, 2.24) is 9.88 Å². The fourth-order valence-electron chi connectivity index (χ4n) is 3.05. The highest BCUT2D eigenvalue weighted by atomic mass is 32.1. The van der Waals surface area contributed by atoms with Gasteiger partial charge in [0, 0.05) is 47.1 Å². The molecule has 0 aliphatic carbocycles. The molecule has 2 heterocycles. The first-order valence-corrected chi connectivity index (χ1v) is 9.49. The Bertz CT molecular complexity index is 934. The van der Waals surface area contributed by atoms with Crippen LogP contribution >= 0.6 is 11.3 Å². The van der Waals surface area contributed by atoms with E-state index in [1.165, 1.54) is 0 Å². The third kappa shape index (κ3) is 3.51. The normalized spacial score (nSPS) is 11.5. The van der Waals surface area contributed by atoms with Crippen molar-refractivity contribution in [2.75, 3.05) is 31.5 Å². The van der Waals surface area contributed by atoms with Crippen LogP contribution < -0.4 is 16.5 Å². The predicted molar refractivity (Wildman–Crippen MR) is 108 cm³/mol. The molecule has 0 atom stereocenters. The Morgan fingerprint density at radius 1 is 1.24 bits per heavy atom. The van der Waals surface area contributed by atoms with Crippen LogP contribution in [0.4, 0.5) is 5.69 Å². The van der Waals surface area contributed by atoms with Gasteiger partial charge >= 0.3 is 0 Å². The lowest BCUT2D eigenvalue weighted by atomic mass is 10.1. The molecule has 1 aromatic carbocycles. The number of hydrogen-bond donors (Lipinski definition) is 2. The van der Waals surface area contributed by atoms with Crippen LogP contribution in [0, 0.1) is 0 Å². The zero-order valence-electron chi connectivity index (χ0n) is 14.7. The van der Waals surface area contributed by atoms with Crippen molar-refractivity contribution in [2.45, 2.75) is 20.4 Å².